The molecule has 1 aliphatic rings. The first kappa shape index (κ1) is 17.7. The fourth-order valence-electron chi connectivity index (χ4n) is 3.44. The van der Waals surface area contributed by atoms with Crippen LogP contribution in [-0.4, -0.2) is 29.5 Å². The summed E-state index contributed by atoms with van der Waals surface area (Å²) in [4.78, 5) is 21.0. The van der Waals surface area contributed by atoms with Crippen molar-refractivity contribution in [1.29, 1.82) is 5.26 Å². The quantitative estimate of drug-likeness (QED) is 0.501. The summed E-state index contributed by atoms with van der Waals surface area (Å²) < 4.78 is 28.1. The van der Waals surface area contributed by atoms with Crippen LogP contribution in [-0.2, 0) is 4.79 Å². The Kier molecular flexibility index (Phi) is 5.25. The fraction of sp³-hybridized carbons (Fsp3) is 0.280. The highest BCUT2D eigenvalue weighted by atomic mass is 16.5. The predicted molar refractivity (Wildman–Crippen MR) is 126 cm³/mol. The smallest absolute Gasteiger partial charge is 0.228 e. The molecule has 2 aromatic heterocycles. The highest BCUT2D eigenvalue weighted by molar-refractivity contribution is 6.01. The number of fused-ring (bicyclic) bond motifs is 1. The lowest BCUT2D eigenvalue weighted by molar-refractivity contribution is -0.117. The van der Waals surface area contributed by atoms with Gasteiger partial charge in [-0.25, -0.2) is 9.97 Å². The minimum absolute atomic E-state index is 0.00365. The van der Waals surface area contributed by atoms with Gasteiger partial charge in [0.05, 0.1) is 12.5 Å². The van der Waals surface area contributed by atoms with Crippen LogP contribution in [0.3, 0.4) is 0 Å². The molecule has 1 aromatic carbocycles. The molecule has 0 spiro atoms. The van der Waals surface area contributed by atoms with E-state index < -0.39 is 6.98 Å². The van der Waals surface area contributed by atoms with Gasteiger partial charge in [-0.3, -0.25) is 4.79 Å². The molecular weight excluding hydrogens is 402 g/mol. The van der Waals surface area contributed by atoms with E-state index in [1.165, 1.54) is 6.20 Å². The molecule has 1 fully saturated rings. The lowest BCUT2D eigenvalue weighted by Crippen LogP contribution is -2.15. The number of anilines is 2. The van der Waals surface area contributed by atoms with Crippen LogP contribution in [0.4, 0.5) is 11.6 Å². The first-order valence-electron chi connectivity index (χ1n) is 11.9. The van der Waals surface area contributed by atoms with E-state index in [0.717, 1.165) is 17.5 Å². The normalized spacial score (nSPS) is 18.9. The molecule has 0 aliphatic heterocycles. The van der Waals surface area contributed by atoms with E-state index in [0.29, 0.717) is 41.3 Å². The van der Waals surface area contributed by atoms with Crippen LogP contribution in [0.1, 0.15) is 35.0 Å². The van der Waals surface area contributed by atoms with Crippen molar-refractivity contribution in [2.24, 2.45) is 11.8 Å². The Hall–Kier alpha value is -3.92. The Morgan fingerprint density at radius 2 is 2.09 bits per heavy atom. The predicted octanol–water partition coefficient (Wildman–Crippen LogP) is 4.73. The Morgan fingerprint density at radius 3 is 2.81 bits per heavy atom. The Bertz CT molecular complexity index is 1300. The summed E-state index contributed by atoms with van der Waals surface area (Å²) in [6, 6.07) is 11.2. The third kappa shape index (κ3) is 4.86. The second-order valence-corrected chi connectivity index (χ2v) is 7.77. The molecular formula is C25H25N5O2. The SMILES string of the molecule is [2H]C([2H])([2H])Nc1ncc(/C=C/c2ccc(OCCC#N)cc2)c2cc(NC(=O)[C@H]3C[C@H]3C)ncc12. The van der Waals surface area contributed by atoms with Crippen LogP contribution in [0.2, 0.25) is 0 Å². The number of pyridine rings is 2. The number of hydrogen-bond acceptors (Lipinski definition) is 6. The molecule has 1 aliphatic carbocycles. The number of carbonyl (C=O) groups excluding carboxylic acids is 1. The van der Waals surface area contributed by atoms with Crippen molar-refractivity contribution >= 4 is 40.5 Å². The molecule has 0 saturated heterocycles. The van der Waals surface area contributed by atoms with Gasteiger partial charge < -0.3 is 15.4 Å². The summed E-state index contributed by atoms with van der Waals surface area (Å²) in [6.07, 6.45) is 8.07. The van der Waals surface area contributed by atoms with E-state index in [1.54, 1.807) is 12.3 Å². The number of ether oxygens (including phenoxy) is 1. The van der Waals surface area contributed by atoms with Gasteiger partial charge in [-0.1, -0.05) is 31.2 Å². The number of nitriles is 1. The third-order valence-electron chi connectivity index (χ3n) is 5.44. The number of aromatic nitrogens is 2. The Labute approximate surface area is 191 Å². The van der Waals surface area contributed by atoms with E-state index in [9.17, 15) is 4.79 Å². The Morgan fingerprint density at radius 1 is 1.28 bits per heavy atom. The minimum Gasteiger partial charge on any atom is -0.493 e. The van der Waals surface area contributed by atoms with E-state index in [1.807, 2.05) is 49.4 Å². The van der Waals surface area contributed by atoms with Crippen LogP contribution in [0.15, 0.2) is 42.7 Å². The van der Waals surface area contributed by atoms with Gasteiger partial charge in [0, 0.05) is 40.3 Å². The van der Waals surface area contributed by atoms with Crippen molar-refractivity contribution < 1.29 is 13.6 Å². The van der Waals surface area contributed by atoms with E-state index >= 15 is 0 Å². The molecule has 162 valence electrons. The maximum absolute atomic E-state index is 12.4. The largest absolute Gasteiger partial charge is 0.493 e. The van der Waals surface area contributed by atoms with Crippen LogP contribution >= 0.6 is 0 Å². The topological polar surface area (TPSA) is 99.9 Å². The van der Waals surface area contributed by atoms with Crippen molar-refractivity contribution in [2.45, 2.75) is 19.8 Å². The first-order valence-corrected chi connectivity index (χ1v) is 10.4. The second kappa shape index (κ2) is 9.48. The molecule has 7 heteroatoms. The zero-order valence-corrected chi connectivity index (χ0v) is 17.6. The highest BCUT2D eigenvalue weighted by Crippen LogP contribution is 2.38. The van der Waals surface area contributed by atoms with Crippen LogP contribution in [0, 0.1) is 23.2 Å². The zero-order chi connectivity index (χ0) is 25.0. The molecule has 2 heterocycles. The molecule has 3 aromatic rings. The molecule has 2 atom stereocenters. The fourth-order valence-corrected chi connectivity index (χ4v) is 3.44. The molecule has 0 radical (unpaired) electrons. The van der Waals surface area contributed by atoms with Gasteiger partial charge in [0.2, 0.25) is 5.91 Å². The van der Waals surface area contributed by atoms with Crippen LogP contribution < -0.4 is 15.4 Å². The summed E-state index contributed by atoms with van der Waals surface area (Å²) in [5, 5.41) is 15.2. The number of hydrogen-bond donors (Lipinski definition) is 2. The van der Waals surface area contributed by atoms with E-state index in [4.69, 9.17) is 14.1 Å². The number of amides is 1. The highest BCUT2D eigenvalue weighted by Gasteiger charge is 2.39. The van der Waals surface area contributed by atoms with Crippen molar-refractivity contribution in [1.82, 2.24) is 9.97 Å². The molecule has 32 heavy (non-hydrogen) atoms. The summed E-state index contributed by atoms with van der Waals surface area (Å²) in [6.45, 7) is -0.0414. The average Bonchev–Trinajstić information content (AvgIpc) is 3.55. The second-order valence-electron chi connectivity index (χ2n) is 7.77. The molecule has 4 rings (SSSR count). The number of nitrogens with one attached hydrogen (secondary N) is 2. The van der Waals surface area contributed by atoms with Gasteiger partial charge in [0.1, 0.15) is 24.0 Å². The van der Waals surface area contributed by atoms with Gasteiger partial charge in [-0.05, 0) is 41.5 Å². The van der Waals surface area contributed by atoms with Gasteiger partial charge in [0.15, 0.2) is 0 Å². The maximum Gasteiger partial charge on any atom is 0.228 e. The number of benzene rings is 1. The number of carbonyl (C=O) groups is 1. The first-order chi connectivity index (χ1) is 16.7. The number of rotatable bonds is 8. The molecule has 7 nitrogen and oxygen atoms in total. The molecule has 1 amide bonds. The summed E-state index contributed by atoms with van der Waals surface area (Å²) in [5.74, 6) is 1.59. The van der Waals surface area contributed by atoms with Crippen molar-refractivity contribution in [3.63, 3.8) is 0 Å². The molecule has 2 N–H and O–H groups in total. The summed E-state index contributed by atoms with van der Waals surface area (Å²) >= 11 is 0. The zero-order valence-electron chi connectivity index (χ0n) is 20.6. The van der Waals surface area contributed by atoms with Crippen molar-refractivity contribution in [2.75, 3.05) is 24.2 Å². The standard InChI is InChI=1S/C25H25N5O2/c1-16-12-20(16)25(31)30-23-13-21-18(14-29-24(27-2)22(21)15-28-23)7-4-17-5-8-19(9-6-17)32-11-3-10-26/h4-9,13-16,20H,3,11-12H2,1-2H3,(H,27,29)(H,28,30,31)/b7-4+/t16-,20+/m1/s1/i2D3. The van der Waals surface area contributed by atoms with E-state index in [-0.39, 0.29) is 17.6 Å². The number of nitrogens with zero attached hydrogens (tertiary/aromatic N) is 3. The monoisotopic (exact) mass is 430 g/mol. The molecule has 0 bridgehead atoms. The van der Waals surface area contributed by atoms with Crippen LogP contribution in [0.5, 0.6) is 5.75 Å². The summed E-state index contributed by atoms with van der Waals surface area (Å²) in [7, 11) is 0. The lowest BCUT2D eigenvalue weighted by atomic mass is 10.1. The van der Waals surface area contributed by atoms with Crippen molar-refractivity contribution in [3.8, 4) is 11.8 Å². The van der Waals surface area contributed by atoms with Gasteiger partial charge >= 0.3 is 0 Å². The third-order valence-corrected chi connectivity index (χ3v) is 5.44. The minimum atomic E-state index is -2.41. The van der Waals surface area contributed by atoms with Crippen molar-refractivity contribution in [3.05, 3.63) is 53.9 Å². The average molecular weight is 431 g/mol. The lowest BCUT2D eigenvalue weighted by Gasteiger charge is -2.10. The summed E-state index contributed by atoms with van der Waals surface area (Å²) in [5.41, 5.74) is 1.66. The van der Waals surface area contributed by atoms with Gasteiger partial charge in [-0.15, -0.1) is 0 Å². The van der Waals surface area contributed by atoms with Crippen LogP contribution in [0.25, 0.3) is 22.9 Å². The Balaban J connectivity index is 1.62. The molecule has 1 saturated carbocycles. The van der Waals surface area contributed by atoms with Gasteiger partial charge in [0.25, 0.3) is 0 Å². The van der Waals surface area contributed by atoms with E-state index in [2.05, 4.69) is 20.6 Å². The molecule has 0 unspecified atom stereocenters. The maximum atomic E-state index is 12.4. The van der Waals surface area contributed by atoms with Gasteiger partial charge in [-0.2, -0.15) is 5.26 Å².